The van der Waals surface area contributed by atoms with Crippen molar-refractivity contribution in [2.75, 3.05) is 13.2 Å². The number of carbonyl (C=O) groups excluding carboxylic acids is 1. The maximum atomic E-state index is 12.4. The van der Waals surface area contributed by atoms with Crippen LogP contribution in [0.5, 0.6) is 0 Å². The van der Waals surface area contributed by atoms with Crippen molar-refractivity contribution in [2.24, 2.45) is 5.92 Å². The van der Waals surface area contributed by atoms with Gasteiger partial charge in [-0.1, -0.05) is 110 Å². The van der Waals surface area contributed by atoms with Crippen LogP contribution in [0.15, 0.2) is 115 Å². The fraction of sp³-hybridized carbons (Fsp3) is 0.257. The molecule has 0 fully saturated rings. The van der Waals surface area contributed by atoms with E-state index in [0.29, 0.717) is 18.6 Å². The first-order valence-electron chi connectivity index (χ1n) is 13.9. The molecule has 0 radical (unpaired) electrons. The molecule has 4 rings (SSSR count). The molecule has 0 heterocycles. The van der Waals surface area contributed by atoms with Crippen LogP contribution in [0.2, 0.25) is 0 Å². The summed E-state index contributed by atoms with van der Waals surface area (Å²) in [6, 6.07) is 36.1. The monoisotopic (exact) mass is 552 g/mol. The lowest BCUT2D eigenvalue weighted by atomic mass is 9.80. The van der Waals surface area contributed by atoms with Gasteiger partial charge in [0, 0.05) is 0 Å². The van der Waals surface area contributed by atoms with Gasteiger partial charge >= 0.3 is 11.9 Å². The van der Waals surface area contributed by atoms with Crippen molar-refractivity contribution in [2.45, 2.75) is 37.9 Å². The molecule has 212 valence electrons. The minimum absolute atomic E-state index is 0.183. The minimum Gasteiger partial charge on any atom is -0.481 e. The molecule has 0 aliphatic carbocycles. The quantitative estimate of drug-likeness (QED) is 0.142. The molecule has 2 N–H and O–H groups in total. The number of carboxylic acids is 1. The number of hydrogen-bond acceptors (Lipinski definition) is 5. The number of benzene rings is 4. The lowest BCUT2D eigenvalue weighted by molar-refractivity contribution is -0.151. The van der Waals surface area contributed by atoms with Crippen molar-refractivity contribution in [3.63, 3.8) is 0 Å². The Morgan fingerprint density at radius 3 is 1.80 bits per heavy atom. The summed E-state index contributed by atoms with van der Waals surface area (Å²) < 4.78 is 11.9. The van der Waals surface area contributed by atoms with Gasteiger partial charge in [0.05, 0.1) is 24.9 Å². The highest BCUT2D eigenvalue weighted by Gasteiger charge is 2.40. The molecule has 2 atom stereocenters. The van der Waals surface area contributed by atoms with Crippen LogP contribution in [0.4, 0.5) is 0 Å². The number of aliphatic carboxylic acids is 1. The van der Waals surface area contributed by atoms with Gasteiger partial charge in [0.1, 0.15) is 11.5 Å². The van der Waals surface area contributed by atoms with Crippen molar-refractivity contribution in [3.8, 4) is 0 Å². The average molecular weight is 553 g/mol. The number of ether oxygens (including phenoxy) is 2. The summed E-state index contributed by atoms with van der Waals surface area (Å²) in [7, 11) is 0. The highest BCUT2D eigenvalue weighted by Crippen LogP contribution is 2.41. The Labute approximate surface area is 241 Å². The van der Waals surface area contributed by atoms with E-state index in [1.54, 1.807) is 18.2 Å². The zero-order valence-electron chi connectivity index (χ0n) is 23.2. The van der Waals surface area contributed by atoms with Crippen molar-refractivity contribution in [1.82, 2.24) is 0 Å². The predicted molar refractivity (Wildman–Crippen MR) is 158 cm³/mol. The van der Waals surface area contributed by atoms with Crippen LogP contribution in [-0.4, -0.2) is 41.5 Å². The summed E-state index contributed by atoms with van der Waals surface area (Å²) in [5.41, 5.74) is 2.70. The SMILES string of the molecule is CCCOC(=O)c1cccc(CC[C@H](O)[C@H](COC(c2ccccc2)(c2ccccc2)c2ccccc2)C(=O)O)c1. The first kappa shape index (κ1) is 29.7. The van der Waals surface area contributed by atoms with E-state index in [1.807, 2.05) is 104 Å². The number of aryl methyl sites for hydroxylation is 1. The number of rotatable bonds is 14. The maximum Gasteiger partial charge on any atom is 0.338 e. The Kier molecular flexibility index (Phi) is 10.4. The van der Waals surface area contributed by atoms with Crippen LogP contribution in [0, 0.1) is 5.92 Å². The zero-order valence-corrected chi connectivity index (χ0v) is 23.2. The molecule has 4 aromatic rings. The van der Waals surface area contributed by atoms with E-state index in [2.05, 4.69) is 0 Å². The molecule has 0 spiro atoms. The van der Waals surface area contributed by atoms with E-state index < -0.39 is 29.6 Å². The Hall–Kier alpha value is -4.26. The maximum absolute atomic E-state index is 12.4. The van der Waals surface area contributed by atoms with E-state index in [1.165, 1.54) is 0 Å². The van der Waals surface area contributed by atoms with E-state index in [4.69, 9.17) is 9.47 Å². The van der Waals surface area contributed by atoms with Gasteiger partial charge in [0.15, 0.2) is 0 Å². The number of hydrogen-bond donors (Lipinski definition) is 2. The predicted octanol–water partition coefficient (Wildman–Crippen LogP) is 6.26. The highest BCUT2D eigenvalue weighted by molar-refractivity contribution is 5.89. The Morgan fingerprint density at radius 2 is 1.32 bits per heavy atom. The van der Waals surface area contributed by atoms with Crippen LogP contribution in [0.25, 0.3) is 0 Å². The first-order valence-corrected chi connectivity index (χ1v) is 13.9. The zero-order chi connectivity index (χ0) is 29.1. The third-order valence-electron chi connectivity index (χ3n) is 7.13. The van der Waals surface area contributed by atoms with Crippen molar-refractivity contribution in [1.29, 1.82) is 0 Å². The second-order valence-electron chi connectivity index (χ2n) is 9.98. The summed E-state index contributed by atoms with van der Waals surface area (Å²) in [4.78, 5) is 24.7. The van der Waals surface area contributed by atoms with Gasteiger partial charge in [-0.15, -0.1) is 0 Å². The summed E-state index contributed by atoms with van der Waals surface area (Å²) in [5, 5.41) is 21.2. The molecule has 0 aliphatic heterocycles. The molecular weight excluding hydrogens is 516 g/mol. The van der Waals surface area contributed by atoms with Gasteiger partial charge in [-0.3, -0.25) is 4.79 Å². The lowest BCUT2D eigenvalue weighted by Gasteiger charge is -2.37. The van der Waals surface area contributed by atoms with E-state index >= 15 is 0 Å². The second-order valence-corrected chi connectivity index (χ2v) is 9.98. The molecule has 6 heteroatoms. The van der Waals surface area contributed by atoms with Crippen molar-refractivity contribution >= 4 is 11.9 Å². The largest absolute Gasteiger partial charge is 0.481 e. The summed E-state index contributed by atoms with van der Waals surface area (Å²) in [6.45, 7) is 2.05. The average Bonchev–Trinajstić information content (AvgIpc) is 3.02. The minimum atomic E-state index is -1.18. The molecule has 0 saturated carbocycles. The van der Waals surface area contributed by atoms with E-state index in [9.17, 15) is 19.8 Å². The number of esters is 1. The third-order valence-corrected chi connectivity index (χ3v) is 7.13. The first-order chi connectivity index (χ1) is 20.0. The molecule has 6 nitrogen and oxygen atoms in total. The van der Waals surface area contributed by atoms with Crippen molar-refractivity contribution in [3.05, 3.63) is 143 Å². The van der Waals surface area contributed by atoms with Gasteiger partial charge in [-0.25, -0.2) is 4.79 Å². The molecule has 4 aromatic carbocycles. The summed E-state index contributed by atoms with van der Waals surface area (Å²) in [5.74, 6) is -2.72. The standard InChI is InChI=1S/C35H36O6/c1-2-23-40-34(39)27-14-12-13-26(24-27)21-22-32(36)31(33(37)38)25-41-35(28-15-6-3-7-16-28,29-17-8-4-9-18-29)30-19-10-5-11-20-30/h3-20,24,31-32,36H,2,21-23,25H2,1H3,(H,37,38)/t31-,32-/m0/s1. The van der Waals surface area contributed by atoms with Gasteiger partial charge < -0.3 is 19.7 Å². The van der Waals surface area contributed by atoms with Crippen LogP contribution in [0.3, 0.4) is 0 Å². The van der Waals surface area contributed by atoms with Crippen molar-refractivity contribution < 1.29 is 29.3 Å². The highest BCUT2D eigenvalue weighted by atomic mass is 16.5. The van der Waals surface area contributed by atoms with Gasteiger partial charge in [0.25, 0.3) is 0 Å². The molecule has 0 aliphatic rings. The molecular formula is C35H36O6. The normalized spacial score (nSPS) is 12.8. The number of carbonyl (C=O) groups is 2. The van der Waals surface area contributed by atoms with Gasteiger partial charge in [0.2, 0.25) is 0 Å². The van der Waals surface area contributed by atoms with Crippen LogP contribution >= 0.6 is 0 Å². The van der Waals surface area contributed by atoms with Gasteiger partial charge in [-0.2, -0.15) is 0 Å². The molecule has 0 saturated heterocycles. The smallest absolute Gasteiger partial charge is 0.338 e. The number of carboxylic acid groups (broad SMARTS) is 1. The number of aliphatic hydroxyl groups excluding tert-OH is 1. The fourth-order valence-electron chi connectivity index (χ4n) is 4.98. The summed E-state index contributed by atoms with van der Waals surface area (Å²) in [6.07, 6.45) is 0.128. The van der Waals surface area contributed by atoms with E-state index in [0.717, 1.165) is 28.7 Å². The fourth-order valence-corrected chi connectivity index (χ4v) is 4.98. The molecule has 0 amide bonds. The molecule has 0 aromatic heterocycles. The topological polar surface area (TPSA) is 93.1 Å². The van der Waals surface area contributed by atoms with Gasteiger partial charge in [-0.05, 0) is 53.6 Å². The van der Waals surface area contributed by atoms with E-state index in [-0.39, 0.29) is 13.0 Å². The molecule has 0 bridgehead atoms. The Balaban J connectivity index is 1.58. The Bertz CT molecular complexity index is 1290. The van der Waals surface area contributed by atoms with Crippen LogP contribution in [-0.2, 0) is 26.3 Å². The summed E-state index contributed by atoms with van der Waals surface area (Å²) >= 11 is 0. The third kappa shape index (κ3) is 7.28. The Morgan fingerprint density at radius 1 is 0.780 bits per heavy atom. The lowest BCUT2D eigenvalue weighted by Crippen LogP contribution is -2.39. The molecule has 41 heavy (non-hydrogen) atoms. The second kappa shape index (κ2) is 14.4. The number of aliphatic hydroxyl groups is 1. The molecule has 0 unspecified atom stereocenters. The van der Waals surface area contributed by atoms with Crippen LogP contribution in [0.1, 0.15) is 52.4 Å². The van der Waals surface area contributed by atoms with Crippen LogP contribution < -0.4 is 0 Å².